The molecule has 56 valence electrons. The van der Waals surface area contributed by atoms with E-state index in [0.717, 1.165) is 0 Å². The molecule has 0 saturated heterocycles. The summed E-state index contributed by atoms with van der Waals surface area (Å²) in [5.74, 6) is 1.29. The fourth-order valence-corrected chi connectivity index (χ4v) is 2.03. The van der Waals surface area contributed by atoms with Crippen LogP contribution < -0.4 is 0 Å². The van der Waals surface area contributed by atoms with E-state index in [4.69, 9.17) is 0 Å². The number of hydrogen-bond donors (Lipinski definition) is 0. The van der Waals surface area contributed by atoms with E-state index in [9.17, 15) is 0 Å². The van der Waals surface area contributed by atoms with E-state index in [1.807, 2.05) is 23.1 Å². The molecule has 0 bridgehead atoms. The molecule has 1 aromatic rings. The molecular weight excluding hydrogens is 160 g/mol. The molecule has 0 radical (unpaired) electrons. The van der Waals surface area contributed by atoms with Gasteiger partial charge in [-0.2, -0.15) is 11.8 Å². The third-order valence-corrected chi connectivity index (χ3v) is 2.98. The molecule has 0 aromatic carbocycles. The maximum absolute atomic E-state index is 2.21. The molecule has 2 heteroatoms. The zero-order chi connectivity index (χ0) is 7.23. The van der Waals surface area contributed by atoms with Crippen LogP contribution in [-0.4, -0.2) is 12.0 Å². The molecule has 0 fully saturated rings. The van der Waals surface area contributed by atoms with Crippen LogP contribution in [0.4, 0.5) is 0 Å². The highest BCUT2D eigenvalue weighted by atomic mass is 32.2. The van der Waals surface area contributed by atoms with Crippen LogP contribution in [0.3, 0.4) is 0 Å². The van der Waals surface area contributed by atoms with E-state index in [2.05, 4.69) is 23.8 Å². The van der Waals surface area contributed by atoms with Crippen molar-refractivity contribution in [3.05, 3.63) is 22.4 Å². The first-order chi connectivity index (χ1) is 4.93. The first-order valence-corrected chi connectivity index (χ1v) is 5.72. The quantitative estimate of drug-likeness (QED) is 0.629. The summed E-state index contributed by atoms with van der Waals surface area (Å²) in [6.07, 6.45) is 4.74. The third-order valence-electron chi connectivity index (χ3n) is 1.35. The van der Waals surface area contributed by atoms with E-state index in [1.54, 1.807) is 0 Å². The van der Waals surface area contributed by atoms with E-state index >= 15 is 0 Å². The second-order valence-electron chi connectivity index (χ2n) is 2.18. The standard InChI is InChI=1S/C8H12S2/c1-9-6-2-4-8-5-3-7-10-8/h3,5,7H,2,4,6H2,1H3. The summed E-state index contributed by atoms with van der Waals surface area (Å²) in [4.78, 5) is 1.52. The molecule has 0 aliphatic carbocycles. The lowest BCUT2D eigenvalue weighted by Gasteiger charge is -1.93. The molecule has 0 aliphatic rings. The van der Waals surface area contributed by atoms with Crippen LogP contribution >= 0.6 is 23.1 Å². The Labute approximate surface area is 70.7 Å². The van der Waals surface area contributed by atoms with Gasteiger partial charge in [-0.05, 0) is 36.3 Å². The van der Waals surface area contributed by atoms with Gasteiger partial charge >= 0.3 is 0 Å². The monoisotopic (exact) mass is 172 g/mol. The Morgan fingerprint density at radius 1 is 1.60 bits per heavy atom. The SMILES string of the molecule is CSCCCc1cccs1. The number of hydrogen-bond acceptors (Lipinski definition) is 2. The topological polar surface area (TPSA) is 0 Å². The van der Waals surface area contributed by atoms with Gasteiger partial charge in [0, 0.05) is 4.88 Å². The van der Waals surface area contributed by atoms with E-state index in [-0.39, 0.29) is 0 Å². The van der Waals surface area contributed by atoms with Crippen LogP contribution in [0.5, 0.6) is 0 Å². The van der Waals surface area contributed by atoms with Gasteiger partial charge in [0.05, 0.1) is 0 Å². The second-order valence-corrected chi connectivity index (χ2v) is 4.19. The molecule has 0 unspecified atom stereocenters. The van der Waals surface area contributed by atoms with E-state index in [0.29, 0.717) is 0 Å². The summed E-state index contributed by atoms with van der Waals surface area (Å²) in [7, 11) is 0. The van der Waals surface area contributed by atoms with E-state index < -0.39 is 0 Å². The molecule has 0 nitrogen and oxygen atoms in total. The third kappa shape index (κ3) is 2.76. The Kier molecular flexibility index (Phi) is 3.91. The highest BCUT2D eigenvalue weighted by molar-refractivity contribution is 7.98. The Bertz CT molecular complexity index is 156. The van der Waals surface area contributed by atoms with Crippen molar-refractivity contribution in [3.8, 4) is 0 Å². The molecule has 1 heterocycles. The average molecular weight is 172 g/mol. The van der Waals surface area contributed by atoms with Crippen LogP contribution in [0.25, 0.3) is 0 Å². The van der Waals surface area contributed by atoms with Gasteiger partial charge in [-0.1, -0.05) is 6.07 Å². The maximum atomic E-state index is 2.21. The van der Waals surface area contributed by atoms with Crippen LogP contribution in [0.2, 0.25) is 0 Å². The number of aryl methyl sites for hydroxylation is 1. The fourth-order valence-electron chi connectivity index (χ4n) is 0.846. The lowest BCUT2D eigenvalue weighted by Crippen LogP contribution is -1.82. The smallest absolute Gasteiger partial charge is 0.00455 e. The molecule has 0 amide bonds. The molecule has 0 saturated carbocycles. The minimum atomic E-state index is 1.26. The molecule has 1 rings (SSSR count). The van der Waals surface area contributed by atoms with Crippen molar-refractivity contribution in [2.45, 2.75) is 12.8 Å². The van der Waals surface area contributed by atoms with Crippen molar-refractivity contribution in [2.75, 3.05) is 12.0 Å². The highest BCUT2D eigenvalue weighted by Gasteiger charge is 1.91. The van der Waals surface area contributed by atoms with Crippen molar-refractivity contribution in [3.63, 3.8) is 0 Å². The predicted octanol–water partition coefficient (Wildman–Crippen LogP) is 3.04. The van der Waals surface area contributed by atoms with Gasteiger partial charge in [-0.3, -0.25) is 0 Å². The van der Waals surface area contributed by atoms with Gasteiger partial charge in [-0.15, -0.1) is 11.3 Å². The van der Waals surface area contributed by atoms with Gasteiger partial charge in [0.25, 0.3) is 0 Å². The summed E-state index contributed by atoms with van der Waals surface area (Å²) in [6, 6.07) is 4.34. The summed E-state index contributed by atoms with van der Waals surface area (Å²) >= 11 is 3.79. The summed E-state index contributed by atoms with van der Waals surface area (Å²) in [6.45, 7) is 0. The summed E-state index contributed by atoms with van der Waals surface area (Å²) in [5, 5.41) is 2.15. The Hall–Kier alpha value is 0.0500. The zero-order valence-corrected chi connectivity index (χ0v) is 7.80. The van der Waals surface area contributed by atoms with Crippen molar-refractivity contribution < 1.29 is 0 Å². The highest BCUT2D eigenvalue weighted by Crippen LogP contribution is 2.11. The van der Waals surface area contributed by atoms with Crippen molar-refractivity contribution in [2.24, 2.45) is 0 Å². The molecule has 0 spiro atoms. The minimum absolute atomic E-state index is 1.26. The molecule has 10 heavy (non-hydrogen) atoms. The van der Waals surface area contributed by atoms with Crippen LogP contribution in [0.1, 0.15) is 11.3 Å². The Morgan fingerprint density at radius 2 is 2.50 bits per heavy atom. The van der Waals surface area contributed by atoms with Gasteiger partial charge in [0.2, 0.25) is 0 Å². The zero-order valence-electron chi connectivity index (χ0n) is 6.17. The van der Waals surface area contributed by atoms with Crippen LogP contribution in [0.15, 0.2) is 17.5 Å². The average Bonchev–Trinajstić information content (AvgIpc) is 2.41. The van der Waals surface area contributed by atoms with Gasteiger partial charge < -0.3 is 0 Å². The molecule has 1 aromatic heterocycles. The summed E-state index contributed by atoms with van der Waals surface area (Å²) in [5.41, 5.74) is 0. The van der Waals surface area contributed by atoms with Crippen molar-refractivity contribution in [1.29, 1.82) is 0 Å². The number of rotatable bonds is 4. The largest absolute Gasteiger partial charge is 0.165 e. The minimum Gasteiger partial charge on any atom is -0.165 e. The predicted molar refractivity (Wildman–Crippen MR) is 51.0 cm³/mol. The van der Waals surface area contributed by atoms with Crippen molar-refractivity contribution >= 4 is 23.1 Å². The van der Waals surface area contributed by atoms with Crippen LogP contribution in [0, 0.1) is 0 Å². The lowest BCUT2D eigenvalue weighted by molar-refractivity contribution is 0.953. The number of thiophene rings is 1. The van der Waals surface area contributed by atoms with Gasteiger partial charge in [-0.25, -0.2) is 0 Å². The van der Waals surface area contributed by atoms with Crippen molar-refractivity contribution in [1.82, 2.24) is 0 Å². The summed E-state index contributed by atoms with van der Waals surface area (Å²) < 4.78 is 0. The molecular formula is C8H12S2. The first kappa shape index (κ1) is 8.15. The van der Waals surface area contributed by atoms with Gasteiger partial charge in [0.1, 0.15) is 0 Å². The molecule has 0 atom stereocenters. The Morgan fingerprint density at radius 3 is 3.10 bits per heavy atom. The molecule has 0 aliphatic heterocycles. The lowest BCUT2D eigenvalue weighted by atomic mass is 10.3. The fraction of sp³-hybridized carbons (Fsp3) is 0.500. The van der Waals surface area contributed by atoms with E-state index in [1.165, 1.54) is 23.5 Å². The second kappa shape index (κ2) is 4.80. The van der Waals surface area contributed by atoms with Crippen LogP contribution in [-0.2, 0) is 6.42 Å². The molecule has 0 N–H and O–H groups in total. The number of thioether (sulfide) groups is 1. The first-order valence-electron chi connectivity index (χ1n) is 3.45. The normalized spacial score (nSPS) is 10.1. The van der Waals surface area contributed by atoms with Gasteiger partial charge in [0.15, 0.2) is 0 Å². The maximum Gasteiger partial charge on any atom is 0.00455 e. The Balaban J connectivity index is 2.15.